The molecule has 2 saturated heterocycles. The monoisotopic (exact) mass is 430 g/mol. The summed E-state index contributed by atoms with van der Waals surface area (Å²) >= 11 is 0. The summed E-state index contributed by atoms with van der Waals surface area (Å²) in [5.41, 5.74) is 6.68. The first kappa shape index (κ1) is 19.8. The predicted molar refractivity (Wildman–Crippen MR) is 111 cm³/mol. The molecule has 3 N–H and O–H groups in total. The van der Waals surface area contributed by atoms with E-state index in [1.807, 2.05) is 25.1 Å². The predicted octanol–water partition coefficient (Wildman–Crippen LogP) is 3.69. The molecule has 0 aliphatic carbocycles. The van der Waals surface area contributed by atoms with Crippen LogP contribution in [0.2, 0.25) is 0 Å². The van der Waals surface area contributed by atoms with Crippen molar-refractivity contribution < 1.29 is 17.9 Å². The van der Waals surface area contributed by atoms with Crippen molar-refractivity contribution in [1.29, 1.82) is 0 Å². The fourth-order valence-corrected chi connectivity index (χ4v) is 4.05. The average molecular weight is 430 g/mol. The summed E-state index contributed by atoms with van der Waals surface area (Å²) < 4.78 is 44.9. The largest absolute Gasteiger partial charge is 0.433 e. The van der Waals surface area contributed by atoms with Crippen LogP contribution < -0.4 is 16.0 Å². The Balaban J connectivity index is 1.48. The number of nitrogens with zero attached hydrogens (tertiary/aromatic N) is 4. The Morgan fingerprint density at radius 1 is 1.19 bits per heavy atom. The number of halogens is 3. The molecule has 31 heavy (non-hydrogen) atoms. The van der Waals surface area contributed by atoms with Gasteiger partial charge in [0.15, 0.2) is 5.82 Å². The minimum Gasteiger partial charge on any atom is -0.399 e. The Morgan fingerprint density at radius 2 is 2.00 bits per heavy atom. The highest BCUT2D eigenvalue weighted by molar-refractivity contribution is 5.95. The van der Waals surface area contributed by atoms with E-state index in [2.05, 4.69) is 25.4 Å². The molecule has 0 radical (unpaired) electrons. The molecule has 2 aliphatic rings. The number of fused-ring (bicyclic) bond motifs is 2. The number of hydrogen-bond acceptors (Lipinski definition) is 7. The molecule has 7 nitrogen and oxygen atoms in total. The van der Waals surface area contributed by atoms with Crippen molar-refractivity contribution in [2.24, 2.45) is 0 Å². The summed E-state index contributed by atoms with van der Waals surface area (Å²) in [5, 5.41) is 13.4. The Morgan fingerprint density at radius 3 is 2.65 bits per heavy atom. The summed E-state index contributed by atoms with van der Waals surface area (Å²) in [7, 11) is 0. The van der Waals surface area contributed by atoms with Gasteiger partial charge in [-0.3, -0.25) is 0 Å². The van der Waals surface area contributed by atoms with E-state index in [0.717, 1.165) is 41.4 Å². The van der Waals surface area contributed by atoms with E-state index in [1.54, 1.807) is 6.92 Å². The Bertz CT molecular complexity index is 1170. The first-order chi connectivity index (χ1) is 14.7. The molecular weight excluding hydrogens is 409 g/mol. The van der Waals surface area contributed by atoms with Gasteiger partial charge < -0.3 is 20.7 Å². The zero-order valence-corrected chi connectivity index (χ0v) is 16.9. The second-order valence-corrected chi connectivity index (χ2v) is 8.03. The highest BCUT2D eigenvalue weighted by Gasteiger charge is 2.47. The Kier molecular flexibility index (Phi) is 4.44. The molecule has 4 heterocycles. The van der Waals surface area contributed by atoms with Gasteiger partial charge in [-0.25, -0.2) is 4.98 Å². The van der Waals surface area contributed by atoms with Crippen LogP contribution in [0.25, 0.3) is 10.8 Å². The lowest BCUT2D eigenvalue weighted by Gasteiger charge is -2.56. The van der Waals surface area contributed by atoms with Crippen LogP contribution in [0.3, 0.4) is 0 Å². The number of nitrogens with two attached hydrogens (primary N) is 1. The highest BCUT2D eigenvalue weighted by Crippen LogP contribution is 2.38. The smallest absolute Gasteiger partial charge is 0.399 e. The molecule has 10 heteroatoms. The molecule has 1 unspecified atom stereocenters. The average Bonchev–Trinajstić information content (AvgIpc) is 2.70. The van der Waals surface area contributed by atoms with Crippen molar-refractivity contribution in [1.82, 2.24) is 15.2 Å². The fraction of sp³-hybridized carbons (Fsp3) is 0.381. The molecular formula is C21H21F3N6O. The number of aryl methyl sites for hydroxylation is 1. The van der Waals surface area contributed by atoms with Crippen LogP contribution in [0.15, 0.2) is 30.3 Å². The number of aromatic nitrogens is 3. The molecule has 0 saturated carbocycles. The van der Waals surface area contributed by atoms with Crippen molar-refractivity contribution in [3.8, 4) is 0 Å². The lowest BCUT2D eigenvalue weighted by Crippen LogP contribution is -2.70. The fourth-order valence-electron chi connectivity index (χ4n) is 4.05. The van der Waals surface area contributed by atoms with Gasteiger partial charge in [0.25, 0.3) is 0 Å². The molecule has 1 aromatic carbocycles. The standard InChI is InChI=1S/C21H21F3N6O/c1-10-14-4-3-13(30-8-18-17(30)9-31-18)7-15(14)20(29-28-10)26-11(2)16-5-12(25)6-19(27-16)21(22,23)24/h3-7,11,17-18H,8-9H2,1-2H3,(H2,25,27)(H,26,29)/t11-,17?,18+/m1/s1. The topological polar surface area (TPSA) is 89.2 Å². The van der Waals surface area contributed by atoms with Gasteiger partial charge in [0.05, 0.1) is 36.2 Å². The van der Waals surface area contributed by atoms with Crippen LogP contribution in [0.1, 0.15) is 30.0 Å². The maximum absolute atomic E-state index is 13.1. The number of nitrogens with one attached hydrogen (secondary N) is 1. The van der Waals surface area contributed by atoms with E-state index in [1.165, 1.54) is 6.07 Å². The van der Waals surface area contributed by atoms with E-state index in [9.17, 15) is 13.2 Å². The second-order valence-electron chi connectivity index (χ2n) is 8.03. The van der Waals surface area contributed by atoms with Gasteiger partial charge in [0, 0.05) is 28.7 Å². The maximum Gasteiger partial charge on any atom is 0.433 e. The van der Waals surface area contributed by atoms with E-state index >= 15 is 0 Å². The number of benzene rings is 1. The second kappa shape index (κ2) is 6.94. The van der Waals surface area contributed by atoms with Crippen LogP contribution in [0.4, 0.5) is 30.4 Å². The van der Waals surface area contributed by atoms with E-state index in [-0.39, 0.29) is 11.4 Å². The third-order valence-corrected chi connectivity index (χ3v) is 5.92. The number of pyridine rings is 1. The van der Waals surface area contributed by atoms with Crippen molar-refractivity contribution in [3.05, 3.63) is 47.4 Å². The van der Waals surface area contributed by atoms with E-state index < -0.39 is 17.9 Å². The summed E-state index contributed by atoms with van der Waals surface area (Å²) in [4.78, 5) is 6.04. The molecule has 5 rings (SSSR count). The maximum atomic E-state index is 13.1. The van der Waals surface area contributed by atoms with Crippen LogP contribution in [-0.4, -0.2) is 40.5 Å². The zero-order valence-electron chi connectivity index (χ0n) is 16.9. The van der Waals surface area contributed by atoms with Gasteiger partial charge in [-0.2, -0.15) is 18.3 Å². The molecule has 0 bridgehead atoms. The number of alkyl halides is 3. The normalized spacial score (nSPS) is 21.3. The minimum atomic E-state index is -4.57. The molecule has 0 spiro atoms. The number of anilines is 3. The molecule has 2 aliphatic heterocycles. The summed E-state index contributed by atoms with van der Waals surface area (Å²) in [5.74, 6) is 0.481. The van der Waals surface area contributed by atoms with Crippen molar-refractivity contribution in [3.63, 3.8) is 0 Å². The number of nitrogen functional groups attached to an aromatic ring is 1. The number of ether oxygens (including phenoxy) is 1. The van der Waals surface area contributed by atoms with Crippen molar-refractivity contribution >= 4 is 28.0 Å². The number of rotatable bonds is 4. The van der Waals surface area contributed by atoms with Gasteiger partial charge in [-0.15, -0.1) is 5.10 Å². The van der Waals surface area contributed by atoms with E-state index in [0.29, 0.717) is 18.0 Å². The molecule has 2 fully saturated rings. The molecule has 3 atom stereocenters. The quantitative estimate of drug-likeness (QED) is 0.653. The molecule has 2 aromatic heterocycles. The molecule has 3 aromatic rings. The lowest BCUT2D eigenvalue weighted by molar-refractivity contribution is -0.141. The highest BCUT2D eigenvalue weighted by atomic mass is 19.4. The first-order valence-electron chi connectivity index (χ1n) is 9.97. The Hall–Kier alpha value is -3.14. The van der Waals surface area contributed by atoms with E-state index in [4.69, 9.17) is 10.5 Å². The van der Waals surface area contributed by atoms with Gasteiger partial charge in [-0.1, -0.05) is 6.07 Å². The summed E-state index contributed by atoms with van der Waals surface area (Å²) in [6.07, 6.45) is -4.27. The number of hydrogen-bond donors (Lipinski definition) is 2. The number of morpholine rings is 1. The SMILES string of the molecule is Cc1nnc(N[C@H](C)c2cc(N)cc(C(F)(F)F)n2)c2cc(N3C[C@@H]4OCC43)ccc12. The molecule has 0 amide bonds. The summed E-state index contributed by atoms with van der Waals surface area (Å²) in [6, 6.07) is 8.18. The van der Waals surface area contributed by atoms with Gasteiger partial charge in [0.2, 0.25) is 0 Å². The first-order valence-corrected chi connectivity index (χ1v) is 9.97. The third kappa shape index (κ3) is 3.40. The third-order valence-electron chi connectivity index (χ3n) is 5.92. The summed E-state index contributed by atoms with van der Waals surface area (Å²) in [6.45, 7) is 5.16. The van der Waals surface area contributed by atoms with Crippen LogP contribution in [0.5, 0.6) is 0 Å². The zero-order chi connectivity index (χ0) is 21.9. The minimum absolute atomic E-state index is 0.00293. The van der Waals surface area contributed by atoms with Crippen LogP contribution in [0, 0.1) is 6.92 Å². The van der Waals surface area contributed by atoms with Crippen molar-refractivity contribution in [2.45, 2.75) is 38.2 Å². The lowest BCUT2D eigenvalue weighted by atomic mass is 9.93. The molecule has 162 valence electrons. The van der Waals surface area contributed by atoms with Crippen molar-refractivity contribution in [2.75, 3.05) is 29.1 Å². The van der Waals surface area contributed by atoms with Gasteiger partial charge >= 0.3 is 6.18 Å². The van der Waals surface area contributed by atoms with Gasteiger partial charge in [-0.05, 0) is 38.1 Å². The van der Waals surface area contributed by atoms with Crippen LogP contribution >= 0.6 is 0 Å². The Labute approximate surface area is 176 Å². The van der Waals surface area contributed by atoms with Crippen LogP contribution in [-0.2, 0) is 10.9 Å². The van der Waals surface area contributed by atoms with Gasteiger partial charge in [0.1, 0.15) is 5.69 Å².